The molecule has 1 atom stereocenters. The average molecular weight is 281 g/mol. The van der Waals surface area contributed by atoms with E-state index < -0.39 is 0 Å². The van der Waals surface area contributed by atoms with Crippen LogP contribution in [0, 0.1) is 0 Å². The molecule has 3 N–H and O–H groups in total. The van der Waals surface area contributed by atoms with E-state index >= 15 is 0 Å². The summed E-state index contributed by atoms with van der Waals surface area (Å²) in [6, 6.07) is 1.72. The molecule has 1 aromatic rings. The van der Waals surface area contributed by atoms with E-state index in [1.54, 1.807) is 13.2 Å². The van der Waals surface area contributed by atoms with Gasteiger partial charge in [-0.15, -0.1) is 0 Å². The zero-order valence-electron chi connectivity index (χ0n) is 12.1. The normalized spacial score (nSPS) is 20.0. The second kappa shape index (κ2) is 7.37. The van der Waals surface area contributed by atoms with Gasteiger partial charge in [-0.25, -0.2) is 9.97 Å². The Morgan fingerprint density at radius 2 is 2.40 bits per heavy atom. The number of rotatable bonds is 6. The Hall–Kier alpha value is -1.44. The highest BCUT2D eigenvalue weighted by Crippen LogP contribution is 2.11. The van der Waals surface area contributed by atoms with Crippen LogP contribution in [-0.4, -0.2) is 60.9 Å². The van der Waals surface area contributed by atoms with Crippen LogP contribution in [0.15, 0.2) is 6.07 Å². The molecule has 2 heterocycles. The summed E-state index contributed by atoms with van der Waals surface area (Å²) in [4.78, 5) is 10.8. The molecule has 1 fully saturated rings. The van der Waals surface area contributed by atoms with E-state index in [9.17, 15) is 0 Å². The minimum absolute atomic E-state index is 0.172. The highest BCUT2D eigenvalue weighted by molar-refractivity contribution is 5.44. The van der Waals surface area contributed by atoms with Crippen LogP contribution in [0.5, 0.6) is 0 Å². The monoisotopic (exact) mass is 281 g/mol. The van der Waals surface area contributed by atoms with E-state index in [1.165, 1.54) is 0 Å². The molecule has 0 aromatic carbocycles. The lowest BCUT2D eigenvalue weighted by Crippen LogP contribution is -2.45. The Balaban J connectivity index is 1.89. The minimum atomic E-state index is 0.172. The molecule has 0 bridgehead atoms. The van der Waals surface area contributed by atoms with E-state index in [1.807, 2.05) is 0 Å². The topological polar surface area (TPSA) is 85.5 Å². The maximum atomic E-state index is 5.76. The number of nitrogen functional groups attached to an aromatic ring is 1. The Morgan fingerprint density at radius 3 is 3.15 bits per heavy atom. The Labute approximate surface area is 119 Å². The lowest BCUT2D eigenvalue weighted by molar-refractivity contribution is -0.0192. The number of hydrogen-bond donors (Lipinski definition) is 2. The summed E-state index contributed by atoms with van der Waals surface area (Å²) < 4.78 is 10.8. The first kappa shape index (κ1) is 15.0. The number of anilines is 2. The first-order chi connectivity index (χ1) is 9.71. The van der Waals surface area contributed by atoms with Gasteiger partial charge in [0, 0.05) is 32.8 Å². The molecule has 1 unspecified atom stereocenters. The molecule has 0 saturated carbocycles. The van der Waals surface area contributed by atoms with Gasteiger partial charge in [0.1, 0.15) is 18.2 Å². The number of aromatic nitrogens is 2. The van der Waals surface area contributed by atoms with Crippen LogP contribution in [0.4, 0.5) is 11.6 Å². The van der Waals surface area contributed by atoms with Crippen molar-refractivity contribution in [3.05, 3.63) is 11.9 Å². The van der Waals surface area contributed by atoms with Crippen LogP contribution in [0.25, 0.3) is 0 Å². The zero-order chi connectivity index (χ0) is 14.4. The van der Waals surface area contributed by atoms with E-state index in [4.69, 9.17) is 15.2 Å². The lowest BCUT2D eigenvalue weighted by atomic mass is 10.2. The number of likely N-dealkylation sites (N-methyl/N-ethyl adjacent to an activating group) is 1. The second-order valence-corrected chi connectivity index (χ2v) is 4.79. The lowest BCUT2D eigenvalue weighted by Gasteiger charge is -2.32. The van der Waals surface area contributed by atoms with Crippen molar-refractivity contribution in [1.82, 2.24) is 14.9 Å². The summed E-state index contributed by atoms with van der Waals surface area (Å²) >= 11 is 0. The van der Waals surface area contributed by atoms with Crippen LogP contribution >= 0.6 is 0 Å². The summed E-state index contributed by atoms with van der Waals surface area (Å²) in [6.45, 7) is 7.00. The number of hydrogen-bond acceptors (Lipinski definition) is 7. The third-order valence-corrected chi connectivity index (χ3v) is 3.25. The predicted molar refractivity (Wildman–Crippen MR) is 77.5 cm³/mol. The van der Waals surface area contributed by atoms with Gasteiger partial charge in [0.15, 0.2) is 5.82 Å². The smallest absolute Gasteiger partial charge is 0.158 e. The van der Waals surface area contributed by atoms with Crippen molar-refractivity contribution in [3.8, 4) is 0 Å². The van der Waals surface area contributed by atoms with E-state index in [0.29, 0.717) is 30.6 Å². The Morgan fingerprint density at radius 1 is 1.55 bits per heavy atom. The van der Waals surface area contributed by atoms with Crippen molar-refractivity contribution >= 4 is 11.6 Å². The molecular formula is C13H23N5O2. The van der Waals surface area contributed by atoms with E-state index in [-0.39, 0.29) is 6.10 Å². The molecule has 0 spiro atoms. The van der Waals surface area contributed by atoms with Crippen molar-refractivity contribution < 1.29 is 9.47 Å². The first-order valence-corrected chi connectivity index (χ1v) is 6.91. The summed E-state index contributed by atoms with van der Waals surface area (Å²) in [5, 5.41) is 3.26. The Bertz CT molecular complexity index is 429. The molecule has 20 heavy (non-hydrogen) atoms. The molecule has 7 heteroatoms. The minimum Gasteiger partial charge on any atom is -0.384 e. The van der Waals surface area contributed by atoms with Gasteiger partial charge in [-0.3, -0.25) is 4.90 Å². The van der Waals surface area contributed by atoms with Crippen LogP contribution in [0.1, 0.15) is 12.7 Å². The van der Waals surface area contributed by atoms with Gasteiger partial charge < -0.3 is 20.5 Å². The number of ether oxygens (including phenoxy) is 2. The fraction of sp³-hybridized carbons (Fsp3) is 0.692. The number of nitrogens with two attached hydrogens (primary N) is 1. The molecule has 112 valence electrons. The van der Waals surface area contributed by atoms with Gasteiger partial charge in [-0.2, -0.15) is 0 Å². The highest BCUT2D eigenvalue weighted by atomic mass is 16.5. The third kappa shape index (κ3) is 4.29. The van der Waals surface area contributed by atoms with Gasteiger partial charge in [-0.1, -0.05) is 6.92 Å². The molecule has 0 amide bonds. The van der Waals surface area contributed by atoms with Crippen molar-refractivity contribution in [2.45, 2.75) is 19.6 Å². The van der Waals surface area contributed by atoms with Crippen molar-refractivity contribution in [1.29, 1.82) is 0 Å². The molecule has 2 rings (SSSR count). The SMILES string of the molecule is CCN1CCOC(CNc2cc(N)nc(COC)n2)C1. The van der Waals surface area contributed by atoms with E-state index in [0.717, 1.165) is 26.2 Å². The highest BCUT2D eigenvalue weighted by Gasteiger charge is 2.19. The molecule has 1 aliphatic heterocycles. The molecular weight excluding hydrogens is 258 g/mol. The van der Waals surface area contributed by atoms with Gasteiger partial charge in [0.05, 0.1) is 12.7 Å². The number of methoxy groups -OCH3 is 1. The van der Waals surface area contributed by atoms with Gasteiger partial charge in [0.25, 0.3) is 0 Å². The molecule has 1 saturated heterocycles. The summed E-state index contributed by atoms with van der Waals surface area (Å²) in [7, 11) is 1.61. The Kier molecular flexibility index (Phi) is 5.51. The van der Waals surface area contributed by atoms with Crippen molar-refractivity contribution in [3.63, 3.8) is 0 Å². The van der Waals surface area contributed by atoms with Crippen LogP contribution in [0.2, 0.25) is 0 Å². The van der Waals surface area contributed by atoms with Gasteiger partial charge >= 0.3 is 0 Å². The van der Waals surface area contributed by atoms with Crippen LogP contribution in [-0.2, 0) is 16.1 Å². The standard InChI is InChI=1S/C13H23N5O2/c1-3-18-4-5-20-10(8-18)7-15-12-6-11(14)16-13(17-12)9-19-2/h6,10H,3-5,7-9H2,1-2H3,(H3,14,15,16,17). The summed E-state index contributed by atoms with van der Waals surface area (Å²) in [5.41, 5.74) is 5.76. The first-order valence-electron chi connectivity index (χ1n) is 6.91. The fourth-order valence-corrected chi connectivity index (χ4v) is 2.21. The summed E-state index contributed by atoms with van der Waals surface area (Å²) in [6.07, 6.45) is 0.172. The molecule has 0 aliphatic carbocycles. The quantitative estimate of drug-likeness (QED) is 0.777. The summed E-state index contributed by atoms with van der Waals surface area (Å²) in [5.74, 6) is 1.73. The van der Waals surface area contributed by atoms with Crippen molar-refractivity contribution in [2.24, 2.45) is 0 Å². The predicted octanol–water partition coefficient (Wildman–Crippen LogP) is 0.338. The number of morpholine rings is 1. The number of nitrogens with one attached hydrogen (secondary N) is 1. The van der Waals surface area contributed by atoms with E-state index in [2.05, 4.69) is 27.1 Å². The van der Waals surface area contributed by atoms with Crippen LogP contribution < -0.4 is 11.1 Å². The maximum Gasteiger partial charge on any atom is 0.158 e. The third-order valence-electron chi connectivity index (χ3n) is 3.25. The number of nitrogens with zero attached hydrogens (tertiary/aromatic N) is 3. The maximum absolute atomic E-state index is 5.76. The second-order valence-electron chi connectivity index (χ2n) is 4.79. The fourth-order valence-electron chi connectivity index (χ4n) is 2.21. The molecule has 1 aromatic heterocycles. The van der Waals surface area contributed by atoms with Crippen LogP contribution in [0.3, 0.4) is 0 Å². The van der Waals surface area contributed by atoms with Crippen molar-refractivity contribution in [2.75, 3.05) is 50.9 Å². The zero-order valence-corrected chi connectivity index (χ0v) is 12.1. The van der Waals surface area contributed by atoms with Gasteiger partial charge in [-0.05, 0) is 6.54 Å². The molecule has 1 aliphatic rings. The van der Waals surface area contributed by atoms with Gasteiger partial charge in [0.2, 0.25) is 0 Å². The largest absolute Gasteiger partial charge is 0.384 e. The average Bonchev–Trinajstić information content (AvgIpc) is 2.45. The molecule has 7 nitrogen and oxygen atoms in total. The molecule has 0 radical (unpaired) electrons.